The molecule has 0 radical (unpaired) electrons. The summed E-state index contributed by atoms with van der Waals surface area (Å²) in [5.41, 5.74) is 0.491. The Hall–Kier alpha value is -2.13. The van der Waals surface area contributed by atoms with Gasteiger partial charge in [0.05, 0.1) is 11.4 Å². The maximum absolute atomic E-state index is 11.7. The Labute approximate surface area is 119 Å². The summed E-state index contributed by atoms with van der Waals surface area (Å²) in [5, 5.41) is 12.7. The molecule has 0 aliphatic rings. The third-order valence-corrected chi connectivity index (χ3v) is 3.60. The van der Waals surface area contributed by atoms with Crippen LogP contribution in [-0.4, -0.2) is 40.0 Å². The van der Waals surface area contributed by atoms with Gasteiger partial charge in [-0.15, -0.1) is 0 Å². The lowest BCUT2D eigenvalue weighted by Gasteiger charge is -2.11. The van der Waals surface area contributed by atoms with Crippen molar-refractivity contribution in [3.8, 4) is 5.69 Å². The maximum Gasteiger partial charge on any atom is 0.320 e. The van der Waals surface area contributed by atoms with Gasteiger partial charge >= 0.3 is 5.97 Å². The molecule has 8 nitrogen and oxygen atoms in total. The van der Waals surface area contributed by atoms with Crippen molar-refractivity contribution in [2.45, 2.75) is 0 Å². The molecule has 0 amide bonds. The Morgan fingerprint density at radius 1 is 1.45 bits per heavy atom. The quantitative estimate of drug-likeness (QED) is 0.841. The molecule has 0 saturated heterocycles. The van der Waals surface area contributed by atoms with Crippen LogP contribution < -0.4 is 4.72 Å². The number of benzene rings is 1. The van der Waals surface area contributed by atoms with E-state index in [-0.39, 0.29) is 5.69 Å². The Morgan fingerprint density at radius 3 is 2.80 bits per heavy atom. The first-order chi connectivity index (χ1) is 9.37. The van der Waals surface area contributed by atoms with Gasteiger partial charge in [-0.1, -0.05) is 11.6 Å². The molecular formula is C10H9ClN4O4S. The molecule has 2 N–H and O–H groups in total. The minimum Gasteiger partial charge on any atom is -0.480 e. The van der Waals surface area contributed by atoms with E-state index in [1.54, 1.807) is 6.07 Å². The Bertz CT molecular complexity index is 730. The van der Waals surface area contributed by atoms with E-state index < -0.39 is 21.7 Å². The molecular weight excluding hydrogens is 308 g/mol. The second kappa shape index (κ2) is 5.47. The number of carbonyl (C=O) groups is 1. The van der Waals surface area contributed by atoms with Crippen molar-refractivity contribution in [3.05, 3.63) is 35.9 Å². The van der Waals surface area contributed by atoms with Gasteiger partial charge in [0, 0.05) is 5.02 Å². The summed E-state index contributed by atoms with van der Waals surface area (Å²) in [6.45, 7) is 0. The molecule has 1 heterocycles. The van der Waals surface area contributed by atoms with Crippen molar-refractivity contribution in [3.63, 3.8) is 0 Å². The number of carboxylic acid groups (broad SMARTS) is 1. The number of carboxylic acids is 1. The highest BCUT2D eigenvalue weighted by Crippen LogP contribution is 2.24. The van der Waals surface area contributed by atoms with Gasteiger partial charge in [0.25, 0.3) is 0 Å². The monoisotopic (exact) mass is 316 g/mol. The van der Waals surface area contributed by atoms with Crippen LogP contribution in [0.1, 0.15) is 0 Å². The number of nitrogens with zero attached hydrogens (tertiary/aromatic N) is 3. The number of rotatable bonds is 5. The molecule has 1 aromatic heterocycles. The number of sulfonamides is 1. The normalized spacial score (nSPS) is 11.2. The van der Waals surface area contributed by atoms with Crippen LogP contribution in [0.2, 0.25) is 5.02 Å². The van der Waals surface area contributed by atoms with E-state index in [0.29, 0.717) is 10.7 Å². The van der Waals surface area contributed by atoms with Crippen LogP contribution in [0, 0.1) is 0 Å². The second-order valence-corrected chi connectivity index (χ2v) is 5.92. The molecule has 0 spiro atoms. The molecule has 2 aromatic rings. The molecule has 0 atom stereocenters. The number of hydrogen-bond acceptors (Lipinski definition) is 5. The molecule has 0 fully saturated rings. The summed E-state index contributed by atoms with van der Waals surface area (Å²) in [6.07, 6.45) is 2.66. The molecule has 2 rings (SSSR count). The Balaban J connectivity index is 2.41. The summed E-state index contributed by atoms with van der Waals surface area (Å²) < 4.78 is 26.8. The van der Waals surface area contributed by atoms with Gasteiger partial charge in [-0.25, -0.2) is 18.1 Å². The molecule has 1 aromatic carbocycles. The van der Waals surface area contributed by atoms with Crippen molar-refractivity contribution in [1.29, 1.82) is 0 Å². The fourth-order valence-corrected chi connectivity index (χ4v) is 2.56. The van der Waals surface area contributed by atoms with Gasteiger partial charge in [0.15, 0.2) is 5.75 Å². The van der Waals surface area contributed by atoms with Gasteiger partial charge in [-0.2, -0.15) is 5.10 Å². The maximum atomic E-state index is 11.7. The summed E-state index contributed by atoms with van der Waals surface area (Å²) >= 11 is 5.82. The highest BCUT2D eigenvalue weighted by atomic mass is 35.5. The highest BCUT2D eigenvalue weighted by molar-refractivity contribution is 7.93. The fraction of sp³-hybridized carbons (Fsp3) is 0.100. The lowest BCUT2D eigenvalue weighted by atomic mass is 10.3. The van der Waals surface area contributed by atoms with Crippen LogP contribution in [0.3, 0.4) is 0 Å². The molecule has 0 bridgehead atoms. The first-order valence-electron chi connectivity index (χ1n) is 5.24. The van der Waals surface area contributed by atoms with Gasteiger partial charge in [0.1, 0.15) is 12.7 Å². The van der Waals surface area contributed by atoms with Crippen LogP contribution in [-0.2, 0) is 14.8 Å². The zero-order chi connectivity index (χ0) is 14.8. The third-order valence-electron chi connectivity index (χ3n) is 2.20. The zero-order valence-corrected chi connectivity index (χ0v) is 11.5. The SMILES string of the molecule is O=C(O)CS(=O)(=O)Nc1cc(Cl)ccc1-n1cncn1. The topological polar surface area (TPSA) is 114 Å². The third kappa shape index (κ3) is 3.45. The summed E-state index contributed by atoms with van der Waals surface area (Å²) in [6, 6.07) is 4.45. The average molecular weight is 317 g/mol. The lowest BCUT2D eigenvalue weighted by Crippen LogP contribution is -2.23. The van der Waals surface area contributed by atoms with E-state index in [1.165, 1.54) is 29.5 Å². The second-order valence-electron chi connectivity index (χ2n) is 3.76. The number of halogens is 1. The van der Waals surface area contributed by atoms with E-state index in [0.717, 1.165) is 0 Å². The first-order valence-corrected chi connectivity index (χ1v) is 7.27. The van der Waals surface area contributed by atoms with Crippen LogP contribution >= 0.6 is 11.6 Å². The molecule has 106 valence electrons. The van der Waals surface area contributed by atoms with E-state index in [9.17, 15) is 13.2 Å². The largest absolute Gasteiger partial charge is 0.480 e. The molecule has 0 aliphatic carbocycles. The van der Waals surface area contributed by atoms with Crippen LogP contribution in [0.15, 0.2) is 30.9 Å². The first kappa shape index (κ1) is 14.3. The number of aliphatic carboxylic acids is 1. The van der Waals surface area contributed by atoms with Crippen molar-refractivity contribution in [1.82, 2.24) is 14.8 Å². The van der Waals surface area contributed by atoms with Gasteiger partial charge < -0.3 is 5.11 Å². The van der Waals surface area contributed by atoms with E-state index in [4.69, 9.17) is 16.7 Å². The summed E-state index contributed by atoms with van der Waals surface area (Å²) in [4.78, 5) is 14.3. The predicted molar refractivity (Wildman–Crippen MR) is 71.4 cm³/mol. The minimum atomic E-state index is -4.03. The molecule has 0 aliphatic heterocycles. The average Bonchev–Trinajstić information content (AvgIpc) is 2.79. The number of aromatic nitrogens is 3. The van der Waals surface area contributed by atoms with E-state index in [1.807, 2.05) is 0 Å². The Kier molecular flexibility index (Phi) is 3.91. The van der Waals surface area contributed by atoms with Gasteiger partial charge in [-0.05, 0) is 18.2 Å². The van der Waals surface area contributed by atoms with Gasteiger partial charge in [-0.3, -0.25) is 9.52 Å². The number of hydrogen-bond donors (Lipinski definition) is 2. The van der Waals surface area contributed by atoms with Crippen LogP contribution in [0.4, 0.5) is 5.69 Å². The van der Waals surface area contributed by atoms with Crippen LogP contribution in [0.5, 0.6) is 0 Å². The zero-order valence-electron chi connectivity index (χ0n) is 9.89. The van der Waals surface area contributed by atoms with Crippen molar-refractivity contribution < 1.29 is 18.3 Å². The smallest absolute Gasteiger partial charge is 0.320 e. The van der Waals surface area contributed by atoms with E-state index >= 15 is 0 Å². The highest BCUT2D eigenvalue weighted by Gasteiger charge is 2.18. The lowest BCUT2D eigenvalue weighted by molar-refractivity contribution is -0.134. The number of anilines is 1. The fourth-order valence-electron chi connectivity index (χ4n) is 1.49. The number of nitrogens with one attached hydrogen (secondary N) is 1. The van der Waals surface area contributed by atoms with Crippen LogP contribution in [0.25, 0.3) is 5.69 Å². The predicted octanol–water partition coefficient (Wildman–Crippen LogP) is 0.747. The minimum absolute atomic E-state index is 0.115. The summed E-state index contributed by atoms with van der Waals surface area (Å²) in [5.74, 6) is -2.50. The Morgan fingerprint density at radius 2 is 2.20 bits per heavy atom. The molecule has 0 saturated carbocycles. The van der Waals surface area contributed by atoms with Crippen molar-refractivity contribution in [2.24, 2.45) is 0 Å². The molecule has 20 heavy (non-hydrogen) atoms. The molecule has 0 unspecified atom stereocenters. The summed E-state index contributed by atoms with van der Waals surface area (Å²) in [7, 11) is -4.03. The standard InChI is InChI=1S/C10H9ClN4O4S/c11-7-1-2-9(15-6-12-5-13-15)8(3-7)14-20(18,19)4-10(16)17/h1-3,5-6,14H,4H2,(H,16,17). The van der Waals surface area contributed by atoms with Gasteiger partial charge in [0.2, 0.25) is 10.0 Å². The van der Waals surface area contributed by atoms with Crippen molar-refractivity contribution in [2.75, 3.05) is 10.5 Å². The van der Waals surface area contributed by atoms with Crippen molar-refractivity contribution >= 4 is 33.3 Å². The molecule has 10 heteroatoms. The van der Waals surface area contributed by atoms with E-state index in [2.05, 4.69) is 14.8 Å².